The van der Waals surface area contributed by atoms with Gasteiger partial charge < -0.3 is 33.8 Å². The molecule has 19 heteroatoms. The number of ether oxygens (including phenoxy) is 4. The van der Waals surface area contributed by atoms with E-state index in [9.17, 15) is 43.2 Å². The van der Waals surface area contributed by atoms with Crippen LogP contribution >= 0.6 is 15.6 Å². The SMILES string of the molecule is CC/C=C\C/C=C\C/C=C\C/C=C\C/C=C\C/C=C\CCC(=O)O[C@H](COC(=O)CCCCCCCCC/C=C\CCCCCC)COP(=O)(O)OC[C@H](O)COP(=O)(O)OC[C@@H](COC(=O)CC/C=C\C/C=C\C/C=C\C/C=C\C/C=C\CCCCC)OC(=O)CCCCC/C=C\C/C=C\C/C=C\C/C=C\C/C=C\CC. The Morgan fingerprint density at radius 2 is 0.482 bits per heavy atom. The molecule has 0 saturated heterocycles. The van der Waals surface area contributed by atoms with Crippen molar-refractivity contribution in [1.82, 2.24) is 0 Å². The number of hydrogen-bond donors (Lipinski definition) is 3. The van der Waals surface area contributed by atoms with Gasteiger partial charge in [-0.3, -0.25) is 37.3 Å². The van der Waals surface area contributed by atoms with Crippen molar-refractivity contribution in [2.24, 2.45) is 0 Å². The summed E-state index contributed by atoms with van der Waals surface area (Å²) in [6, 6.07) is 0. The maximum Gasteiger partial charge on any atom is 0.472 e. The van der Waals surface area contributed by atoms with Gasteiger partial charge in [-0.2, -0.15) is 0 Å². The topological polar surface area (TPSA) is 237 Å². The third kappa shape index (κ3) is 81.6. The molecule has 2 unspecified atom stereocenters. The lowest BCUT2D eigenvalue weighted by Crippen LogP contribution is -2.30. The predicted octanol–water partition coefficient (Wildman–Crippen LogP) is 25.4. The minimum Gasteiger partial charge on any atom is -0.462 e. The molecular weight excluding hydrogens is 1450 g/mol. The monoisotopic (exact) mass is 1600 g/mol. The number of carbonyl (C=O) groups is 4. The Morgan fingerprint density at radius 1 is 0.259 bits per heavy atom. The van der Waals surface area contributed by atoms with Gasteiger partial charge in [0.05, 0.1) is 26.4 Å². The molecule has 0 spiro atoms. The number of rotatable bonds is 77. The Labute approximate surface area is 678 Å². The summed E-state index contributed by atoms with van der Waals surface area (Å²) in [5.74, 6) is -2.43. The van der Waals surface area contributed by atoms with E-state index in [1.807, 2.05) is 36.5 Å². The zero-order valence-electron chi connectivity index (χ0n) is 69.3. The Morgan fingerprint density at radius 3 is 0.821 bits per heavy atom. The minimum absolute atomic E-state index is 0.0201. The summed E-state index contributed by atoms with van der Waals surface area (Å²) in [5.41, 5.74) is 0. The molecule has 0 radical (unpaired) electrons. The van der Waals surface area contributed by atoms with Crippen LogP contribution in [0.5, 0.6) is 0 Å². The molecule has 0 aliphatic rings. The van der Waals surface area contributed by atoms with E-state index in [4.69, 9.17) is 37.0 Å². The standard InChI is InChI=1S/C93H148O17P2/c1-5-9-13-17-21-25-29-33-37-40-43-46-50-54-58-62-66-70-74-78-91(96)104-84-89(110-93(98)80-76-72-68-64-60-56-52-48-45-42-39-35-31-27-23-19-15-11-7-3)86-108-112(101,102)106-82-87(94)81-105-111(99,100)107-85-88(83-103-90(95)77-73-69-65-61-57-53-49-36-32-28-24-20-16-12-8-4)109-92(97)79-75-71-67-63-59-55-51-47-44-41-38-34-30-26-22-18-14-10-6-2/h10-11,14-15,21-23,25-28,32-35,37-39,43-48,54-56,58-60,66-67,70-71,87-89,94H,5-9,12-13,16-20,24,29-31,36,40-42,49-53,57,61-65,68-69,72-86H2,1-4H3,(H,99,100)(H,101,102)/b14-10-,15-11-,25-21-,26-22-,27-23-,32-28-,37-33-,38-34-,39-35-,46-43-,47-44-,48-45-,58-54-,59-55-,60-56-,70-66-,71-67-/t87-,88+,89+/m0/s1. The number of phosphoric ester groups is 2. The average Bonchev–Trinajstić information content (AvgIpc) is 0.897. The lowest BCUT2D eigenvalue weighted by atomic mass is 10.1. The molecule has 5 atom stereocenters. The van der Waals surface area contributed by atoms with Crippen LogP contribution in [0.15, 0.2) is 207 Å². The third-order valence-electron chi connectivity index (χ3n) is 16.7. The number of carbonyl (C=O) groups excluding carboxylic acids is 4. The second-order valence-corrected chi connectivity index (χ2v) is 30.2. The second kappa shape index (κ2) is 82.6. The first-order valence-electron chi connectivity index (χ1n) is 42.3. The van der Waals surface area contributed by atoms with Crippen LogP contribution in [0.2, 0.25) is 0 Å². The largest absolute Gasteiger partial charge is 0.472 e. The quantitative estimate of drug-likeness (QED) is 0.0169. The van der Waals surface area contributed by atoms with Crippen molar-refractivity contribution in [1.29, 1.82) is 0 Å². The van der Waals surface area contributed by atoms with Crippen molar-refractivity contribution in [3.05, 3.63) is 207 Å². The Kier molecular flexibility index (Phi) is 77.9. The van der Waals surface area contributed by atoms with Crippen LogP contribution in [0, 0.1) is 0 Å². The van der Waals surface area contributed by atoms with Crippen LogP contribution in [-0.2, 0) is 65.4 Å². The number of aliphatic hydroxyl groups excluding tert-OH is 1. The normalized spacial score (nSPS) is 14.8. The first-order valence-corrected chi connectivity index (χ1v) is 45.3. The Hall–Kier alpha value is -6.36. The number of aliphatic hydroxyl groups is 1. The summed E-state index contributed by atoms with van der Waals surface area (Å²) < 4.78 is 68.6. The number of esters is 4. The van der Waals surface area contributed by atoms with Gasteiger partial charge in [-0.05, 0) is 173 Å². The molecule has 632 valence electrons. The highest BCUT2D eigenvalue weighted by Gasteiger charge is 2.30. The minimum atomic E-state index is -5.03. The molecular formula is C93H148O17P2. The van der Waals surface area contributed by atoms with Crippen molar-refractivity contribution < 1.29 is 80.2 Å². The van der Waals surface area contributed by atoms with Crippen molar-refractivity contribution in [2.75, 3.05) is 39.6 Å². The van der Waals surface area contributed by atoms with Crippen molar-refractivity contribution >= 4 is 39.5 Å². The van der Waals surface area contributed by atoms with E-state index in [1.54, 1.807) is 0 Å². The fourth-order valence-electron chi connectivity index (χ4n) is 10.4. The van der Waals surface area contributed by atoms with Crippen molar-refractivity contribution in [2.45, 2.75) is 316 Å². The summed E-state index contributed by atoms with van der Waals surface area (Å²) >= 11 is 0. The molecule has 0 aromatic rings. The van der Waals surface area contributed by atoms with Crippen LogP contribution in [0.3, 0.4) is 0 Å². The first kappa shape index (κ1) is 106. The molecule has 0 aliphatic carbocycles. The molecule has 3 N–H and O–H groups in total. The molecule has 112 heavy (non-hydrogen) atoms. The van der Waals surface area contributed by atoms with E-state index >= 15 is 0 Å². The summed E-state index contributed by atoms with van der Waals surface area (Å²) in [5, 5.41) is 10.7. The molecule has 0 aliphatic heterocycles. The number of hydrogen-bond acceptors (Lipinski definition) is 15. The fraction of sp³-hybridized carbons (Fsp3) is 0.591. The molecule has 0 heterocycles. The maximum atomic E-state index is 13.1. The number of allylic oxidation sites excluding steroid dienone is 34. The van der Waals surface area contributed by atoms with E-state index in [-0.39, 0.29) is 25.7 Å². The highest BCUT2D eigenvalue weighted by Crippen LogP contribution is 2.45. The van der Waals surface area contributed by atoms with Gasteiger partial charge in [-0.15, -0.1) is 0 Å². The van der Waals surface area contributed by atoms with Gasteiger partial charge in [0, 0.05) is 25.7 Å². The third-order valence-corrected chi connectivity index (χ3v) is 18.6. The fourth-order valence-corrected chi connectivity index (χ4v) is 11.9. The van der Waals surface area contributed by atoms with Crippen LogP contribution in [0.4, 0.5) is 0 Å². The van der Waals surface area contributed by atoms with Gasteiger partial charge in [0.25, 0.3) is 0 Å². The summed E-state index contributed by atoms with van der Waals surface area (Å²) in [6.07, 6.45) is 104. The van der Waals surface area contributed by atoms with Gasteiger partial charge in [0.2, 0.25) is 0 Å². The lowest BCUT2D eigenvalue weighted by Gasteiger charge is -2.21. The molecule has 0 aromatic heterocycles. The van der Waals surface area contributed by atoms with Crippen molar-refractivity contribution in [3.8, 4) is 0 Å². The van der Waals surface area contributed by atoms with Crippen LogP contribution in [0.1, 0.15) is 297 Å². The van der Waals surface area contributed by atoms with E-state index < -0.39 is 97.5 Å². The molecule has 0 fully saturated rings. The highest BCUT2D eigenvalue weighted by atomic mass is 31.2. The highest BCUT2D eigenvalue weighted by molar-refractivity contribution is 7.47. The van der Waals surface area contributed by atoms with Gasteiger partial charge >= 0.3 is 39.5 Å². The van der Waals surface area contributed by atoms with Crippen LogP contribution < -0.4 is 0 Å². The van der Waals surface area contributed by atoms with E-state index in [1.165, 1.54) is 44.9 Å². The van der Waals surface area contributed by atoms with Crippen molar-refractivity contribution in [3.63, 3.8) is 0 Å². The van der Waals surface area contributed by atoms with Crippen LogP contribution in [-0.4, -0.2) is 96.7 Å². The van der Waals surface area contributed by atoms with Gasteiger partial charge in [0.15, 0.2) is 12.2 Å². The smallest absolute Gasteiger partial charge is 0.462 e. The molecule has 0 saturated carbocycles. The van der Waals surface area contributed by atoms with E-state index in [0.29, 0.717) is 38.5 Å². The summed E-state index contributed by atoms with van der Waals surface area (Å²) in [7, 11) is -10.0. The Bertz CT molecular complexity index is 2940. The Balaban J connectivity index is 5.58. The predicted molar refractivity (Wildman–Crippen MR) is 463 cm³/mol. The van der Waals surface area contributed by atoms with Gasteiger partial charge in [-0.1, -0.05) is 305 Å². The zero-order chi connectivity index (χ0) is 81.7. The maximum absolute atomic E-state index is 13.1. The number of phosphoric acid groups is 2. The average molecular weight is 1600 g/mol. The zero-order valence-corrected chi connectivity index (χ0v) is 71.0. The van der Waals surface area contributed by atoms with E-state index in [2.05, 4.69) is 198 Å². The molecule has 0 rings (SSSR count). The van der Waals surface area contributed by atoms with Crippen LogP contribution in [0.25, 0.3) is 0 Å². The van der Waals surface area contributed by atoms with E-state index in [0.717, 1.165) is 161 Å². The molecule has 0 bridgehead atoms. The summed E-state index contributed by atoms with van der Waals surface area (Å²) in [6.45, 7) is 4.38. The first-order chi connectivity index (χ1) is 54.7. The molecule has 0 amide bonds. The second-order valence-electron chi connectivity index (χ2n) is 27.3. The summed E-state index contributed by atoms with van der Waals surface area (Å²) in [4.78, 5) is 73.2. The molecule has 0 aromatic carbocycles. The molecule has 17 nitrogen and oxygen atoms in total. The van der Waals surface area contributed by atoms with Gasteiger partial charge in [-0.25, -0.2) is 9.13 Å². The lowest BCUT2D eigenvalue weighted by molar-refractivity contribution is -0.161. The van der Waals surface area contributed by atoms with Gasteiger partial charge in [0.1, 0.15) is 19.3 Å². The number of unbranched alkanes of at least 4 members (excludes halogenated alkanes) is 17.